The summed E-state index contributed by atoms with van der Waals surface area (Å²) in [6.07, 6.45) is -0.275. The van der Waals surface area contributed by atoms with E-state index in [4.69, 9.17) is 21.5 Å². The monoisotopic (exact) mass is 409 g/mol. The molecule has 2 fully saturated rings. The van der Waals surface area contributed by atoms with Gasteiger partial charge in [0.1, 0.15) is 11.7 Å². The minimum Gasteiger partial charge on any atom is -0.495 e. The Balaban J connectivity index is 1.76. The Bertz CT molecular complexity index is 841. The van der Waals surface area contributed by atoms with Crippen molar-refractivity contribution >= 4 is 33.4 Å². The molecule has 1 spiro atoms. The number of hydrogen-bond acceptors (Lipinski definition) is 4. The Kier molecular flexibility index (Phi) is 4.67. The summed E-state index contributed by atoms with van der Waals surface area (Å²) in [6, 6.07) is 4.48. The van der Waals surface area contributed by atoms with Gasteiger partial charge in [0.05, 0.1) is 18.2 Å². The molecule has 1 aromatic rings. The lowest BCUT2D eigenvalue weighted by Crippen LogP contribution is -2.44. The molecule has 1 saturated carbocycles. The molecule has 1 aliphatic carbocycles. The maximum Gasteiger partial charge on any atom is 0.276 e. The van der Waals surface area contributed by atoms with Crippen LogP contribution in [0.1, 0.15) is 12.8 Å². The van der Waals surface area contributed by atoms with Crippen LogP contribution >= 0.6 is 11.6 Å². The standard InChI is InChI=1S/C15H18ClF2N3O4S/c1-25-11-3-2-9(16)8-10(11)20-13(22)12-14(15(12,17)18)4-6-21(7-5-14)26(19,23)24/h2-3,8,12H,4-7H2,1H3,(H,20,22)(H2,19,23,24)/t12-/m1/s1. The zero-order valence-electron chi connectivity index (χ0n) is 13.8. The summed E-state index contributed by atoms with van der Waals surface area (Å²) in [7, 11) is -2.54. The van der Waals surface area contributed by atoms with Crippen molar-refractivity contribution in [3.63, 3.8) is 0 Å². The van der Waals surface area contributed by atoms with E-state index in [1.54, 1.807) is 6.07 Å². The molecule has 1 heterocycles. The minimum absolute atomic E-state index is 0.138. The Morgan fingerprint density at radius 1 is 1.38 bits per heavy atom. The van der Waals surface area contributed by atoms with Crippen LogP contribution < -0.4 is 15.2 Å². The topological polar surface area (TPSA) is 102 Å². The third-order valence-corrected chi connectivity index (χ3v) is 6.47. The fourth-order valence-electron chi connectivity index (χ4n) is 3.67. The van der Waals surface area contributed by atoms with Crippen molar-refractivity contribution in [2.45, 2.75) is 18.8 Å². The molecular weight excluding hydrogens is 392 g/mol. The van der Waals surface area contributed by atoms with Crippen LogP contribution in [-0.2, 0) is 15.0 Å². The number of rotatable bonds is 4. The molecule has 0 unspecified atom stereocenters. The lowest BCUT2D eigenvalue weighted by molar-refractivity contribution is -0.119. The van der Waals surface area contributed by atoms with Crippen molar-refractivity contribution in [1.82, 2.24) is 4.31 Å². The molecule has 0 bridgehead atoms. The van der Waals surface area contributed by atoms with E-state index in [1.807, 2.05) is 0 Å². The number of nitrogens with two attached hydrogens (primary N) is 1. The molecule has 7 nitrogen and oxygen atoms in total. The van der Waals surface area contributed by atoms with Gasteiger partial charge in [-0.25, -0.2) is 13.9 Å². The molecule has 2 aliphatic rings. The highest BCUT2D eigenvalue weighted by molar-refractivity contribution is 7.86. The number of hydrogen-bond donors (Lipinski definition) is 2. The number of nitrogens with one attached hydrogen (secondary N) is 1. The van der Waals surface area contributed by atoms with Gasteiger partial charge in [-0.15, -0.1) is 0 Å². The molecule has 11 heteroatoms. The molecule has 3 rings (SSSR count). The lowest BCUT2D eigenvalue weighted by Gasteiger charge is -2.30. The Labute approximate surface area is 154 Å². The zero-order chi connectivity index (χ0) is 19.3. The summed E-state index contributed by atoms with van der Waals surface area (Å²) in [4.78, 5) is 12.5. The molecule has 3 N–H and O–H groups in total. The van der Waals surface area contributed by atoms with E-state index < -0.39 is 33.4 Å². The number of carbonyl (C=O) groups excluding carboxylic acids is 1. The second kappa shape index (κ2) is 6.29. The highest BCUT2D eigenvalue weighted by Crippen LogP contribution is 2.71. The third-order valence-electron chi connectivity index (χ3n) is 5.15. The van der Waals surface area contributed by atoms with Crippen molar-refractivity contribution < 1.29 is 26.7 Å². The normalized spacial score (nSPS) is 24.3. The number of alkyl halides is 2. The van der Waals surface area contributed by atoms with Crippen LogP contribution in [0.2, 0.25) is 5.02 Å². The number of nitrogens with zero attached hydrogens (tertiary/aromatic N) is 1. The quantitative estimate of drug-likeness (QED) is 0.792. The highest BCUT2D eigenvalue weighted by atomic mass is 35.5. The van der Waals surface area contributed by atoms with Gasteiger partial charge in [-0.3, -0.25) is 4.79 Å². The molecule has 26 heavy (non-hydrogen) atoms. The van der Waals surface area contributed by atoms with E-state index in [1.165, 1.54) is 19.2 Å². The first-order valence-electron chi connectivity index (χ1n) is 7.83. The Morgan fingerprint density at radius 2 is 2.00 bits per heavy atom. The van der Waals surface area contributed by atoms with Gasteiger partial charge in [-0.05, 0) is 31.0 Å². The van der Waals surface area contributed by atoms with Crippen LogP contribution in [0.4, 0.5) is 14.5 Å². The summed E-state index contributed by atoms with van der Waals surface area (Å²) in [5, 5.41) is 7.80. The fourth-order valence-corrected chi connectivity index (χ4v) is 4.53. The van der Waals surface area contributed by atoms with Gasteiger partial charge in [0.2, 0.25) is 5.91 Å². The van der Waals surface area contributed by atoms with Gasteiger partial charge in [0, 0.05) is 18.1 Å². The molecular formula is C15H18ClF2N3O4S. The van der Waals surface area contributed by atoms with Gasteiger partial charge in [-0.1, -0.05) is 11.6 Å². The number of carbonyl (C=O) groups is 1. The molecule has 1 aromatic carbocycles. The van der Waals surface area contributed by atoms with Gasteiger partial charge in [0.15, 0.2) is 0 Å². The number of methoxy groups -OCH3 is 1. The molecule has 1 saturated heterocycles. The van der Waals surface area contributed by atoms with Gasteiger partial charge >= 0.3 is 0 Å². The van der Waals surface area contributed by atoms with Crippen molar-refractivity contribution in [1.29, 1.82) is 0 Å². The summed E-state index contributed by atoms with van der Waals surface area (Å²) >= 11 is 5.88. The predicted molar refractivity (Wildman–Crippen MR) is 91.4 cm³/mol. The zero-order valence-corrected chi connectivity index (χ0v) is 15.4. The summed E-state index contributed by atoms with van der Waals surface area (Å²) in [5.41, 5.74) is -1.35. The average molecular weight is 410 g/mol. The lowest BCUT2D eigenvalue weighted by atomic mass is 9.91. The largest absolute Gasteiger partial charge is 0.495 e. The maximum absolute atomic E-state index is 14.5. The van der Waals surface area contributed by atoms with Crippen LogP contribution in [0.25, 0.3) is 0 Å². The van der Waals surface area contributed by atoms with Crippen molar-refractivity contribution in [2.75, 3.05) is 25.5 Å². The van der Waals surface area contributed by atoms with Crippen molar-refractivity contribution in [2.24, 2.45) is 16.5 Å². The SMILES string of the molecule is COc1ccc(Cl)cc1NC(=O)[C@H]1C(F)(F)C12CCN(S(N)(=O)=O)CC2. The van der Waals surface area contributed by atoms with Crippen LogP contribution in [0, 0.1) is 11.3 Å². The Morgan fingerprint density at radius 3 is 2.54 bits per heavy atom. The molecule has 0 aromatic heterocycles. The molecule has 0 radical (unpaired) electrons. The molecule has 1 aliphatic heterocycles. The van der Waals surface area contributed by atoms with E-state index in [0.29, 0.717) is 10.8 Å². The molecule has 1 amide bonds. The molecule has 1 atom stereocenters. The first kappa shape index (κ1) is 19.3. The summed E-state index contributed by atoms with van der Waals surface area (Å²) < 4.78 is 57.7. The number of piperidine rings is 1. The van der Waals surface area contributed by atoms with E-state index in [0.717, 1.165) is 4.31 Å². The summed E-state index contributed by atoms with van der Waals surface area (Å²) in [5.74, 6) is -5.31. The first-order valence-corrected chi connectivity index (χ1v) is 9.71. The second-order valence-electron chi connectivity index (χ2n) is 6.49. The van der Waals surface area contributed by atoms with Crippen molar-refractivity contribution in [3.05, 3.63) is 23.2 Å². The van der Waals surface area contributed by atoms with E-state index >= 15 is 0 Å². The predicted octanol–water partition coefficient (Wildman–Crippen LogP) is 1.84. The smallest absolute Gasteiger partial charge is 0.276 e. The number of halogens is 3. The highest BCUT2D eigenvalue weighted by Gasteiger charge is 2.83. The fraction of sp³-hybridized carbons (Fsp3) is 0.533. The first-order chi connectivity index (χ1) is 12.0. The van der Waals surface area contributed by atoms with E-state index in [-0.39, 0.29) is 31.6 Å². The van der Waals surface area contributed by atoms with E-state index in [9.17, 15) is 22.0 Å². The number of anilines is 1. The van der Waals surface area contributed by atoms with Crippen molar-refractivity contribution in [3.8, 4) is 5.75 Å². The molecule has 144 valence electrons. The average Bonchev–Trinajstić information content (AvgIpc) is 3.01. The van der Waals surface area contributed by atoms with Gasteiger partial charge in [-0.2, -0.15) is 12.7 Å². The third kappa shape index (κ3) is 3.04. The van der Waals surface area contributed by atoms with Crippen LogP contribution in [-0.4, -0.2) is 44.8 Å². The van der Waals surface area contributed by atoms with Gasteiger partial charge in [0.25, 0.3) is 16.1 Å². The maximum atomic E-state index is 14.5. The minimum atomic E-state index is -3.93. The number of amides is 1. The van der Waals surface area contributed by atoms with Crippen LogP contribution in [0.3, 0.4) is 0 Å². The van der Waals surface area contributed by atoms with Crippen LogP contribution in [0.15, 0.2) is 18.2 Å². The van der Waals surface area contributed by atoms with E-state index in [2.05, 4.69) is 5.32 Å². The van der Waals surface area contributed by atoms with Gasteiger partial charge < -0.3 is 10.1 Å². The van der Waals surface area contributed by atoms with Crippen LogP contribution in [0.5, 0.6) is 5.75 Å². The summed E-state index contributed by atoms with van der Waals surface area (Å²) in [6.45, 7) is -0.280. The number of benzene rings is 1. The second-order valence-corrected chi connectivity index (χ2v) is 8.47. The number of ether oxygens (including phenoxy) is 1. The Hall–Kier alpha value is -1.49.